The van der Waals surface area contributed by atoms with Crippen LogP contribution in [0, 0.1) is 5.92 Å². The number of hydrogen-bond acceptors (Lipinski definition) is 3. The molecule has 0 aliphatic carbocycles. The molecule has 20 heavy (non-hydrogen) atoms. The van der Waals surface area contributed by atoms with Crippen LogP contribution in [0.5, 0.6) is 0 Å². The molecule has 0 aliphatic heterocycles. The zero-order valence-electron chi connectivity index (χ0n) is 12.1. The first-order valence-corrected chi connectivity index (χ1v) is 7.70. The van der Waals surface area contributed by atoms with E-state index in [9.17, 15) is 4.79 Å². The first-order valence-electron chi connectivity index (χ1n) is 6.82. The monoisotopic (exact) mass is 291 g/mol. The third-order valence-corrected chi connectivity index (χ3v) is 4.25. The highest BCUT2D eigenvalue weighted by atomic mass is 32.1. The average Bonchev–Trinajstić information content (AvgIpc) is 3.04. The minimum Gasteiger partial charge on any atom is -0.397 e. The lowest BCUT2D eigenvalue weighted by Gasteiger charge is -2.21. The summed E-state index contributed by atoms with van der Waals surface area (Å²) in [5, 5.41) is 5.15. The molecule has 2 rings (SSSR count). The van der Waals surface area contributed by atoms with Gasteiger partial charge in [-0.25, -0.2) is 0 Å². The van der Waals surface area contributed by atoms with Gasteiger partial charge in [0.1, 0.15) is 5.69 Å². The molecule has 0 spiro atoms. The Bertz CT molecular complexity index is 572. The van der Waals surface area contributed by atoms with Gasteiger partial charge in [-0.05, 0) is 30.4 Å². The molecule has 0 bridgehead atoms. The van der Waals surface area contributed by atoms with Crippen molar-refractivity contribution in [3.05, 3.63) is 40.3 Å². The third-order valence-electron chi connectivity index (χ3n) is 3.29. The van der Waals surface area contributed by atoms with Gasteiger partial charge in [-0.2, -0.15) is 0 Å². The Morgan fingerprint density at radius 1 is 1.50 bits per heavy atom. The van der Waals surface area contributed by atoms with E-state index in [1.165, 1.54) is 4.88 Å². The van der Waals surface area contributed by atoms with Gasteiger partial charge >= 0.3 is 0 Å². The Labute approximate surface area is 123 Å². The topological polar surface area (TPSA) is 60.0 Å². The van der Waals surface area contributed by atoms with E-state index in [1.807, 2.05) is 22.9 Å². The Balaban J connectivity index is 2.20. The summed E-state index contributed by atoms with van der Waals surface area (Å²) in [7, 11) is 0. The molecule has 2 heterocycles. The molecule has 0 saturated heterocycles. The maximum atomic E-state index is 12.5. The second kappa shape index (κ2) is 6.13. The van der Waals surface area contributed by atoms with Crippen molar-refractivity contribution < 1.29 is 4.79 Å². The number of nitrogen functional groups attached to an aromatic ring is 1. The minimum atomic E-state index is -0.0735. The largest absolute Gasteiger partial charge is 0.397 e. The quantitative estimate of drug-likeness (QED) is 0.888. The summed E-state index contributed by atoms with van der Waals surface area (Å²) in [6.45, 7) is 6.94. The van der Waals surface area contributed by atoms with E-state index < -0.39 is 0 Å². The third kappa shape index (κ3) is 3.04. The molecule has 0 radical (unpaired) electrons. The zero-order chi connectivity index (χ0) is 14.7. The van der Waals surface area contributed by atoms with E-state index in [1.54, 1.807) is 23.6 Å². The Kier molecular flexibility index (Phi) is 4.49. The van der Waals surface area contributed by atoms with Crippen molar-refractivity contribution in [3.63, 3.8) is 0 Å². The minimum absolute atomic E-state index is 0.0314. The maximum absolute atomic E-state index is 12.5. The molecule has 108 valence electrons. The SMILES string of the molecule is CCn1cc(N)cc1C(=O)NC(c1cccs1)C(C)C. The van der Waals surface area contributed by atoms with Gasteiger partial charge in [-0.3, -0.25) is 4.79 Å². The fourth-order valence-corrected chi connectivity index (χ4v) is 3.18. The second-order valence-corrected chi connectivity index (χ2v) is 6.13. The number of nitrogens with zero attached hydrogens (tertiary/aromatic N) is 1. The van der Waals surface area contributed by atoms with Crippen LogP contribution in [0.4, 0.5) is 5.69 Å². The molecule has 0 saturated carbocycles. The molecule has 1 amide bonds. The van der Waals surface area contributed by atoms with Crippen molar-refractivity contribution in [2.75, 3.05) is 5.73 Å². The summed E-state index contributed by atoms with van der Waals surface area (Å²) in [5.41, 5.74) is 7.02. The molecule has 5 heteroatoms. The number of thiophene rings is 1. The molecule has 0 aromatic carbocycles. The van der Waals surface area contributed by atoms with E-state index in [0.29, 0.717) is 17.3 Å². The first kappa shape index (κ1) is 14.7. The molecule has 3 N–H and O–H groups in total. The van der Waals surface area contributed by atoms with E-state index in [-0.39, 0.29) is 11.9 Å². The van der Waals surface area contributed by atoms with Crippen LogP contribution in [0.2, 0.25) is 0 Å². The van der Waals surface area contributed by atoms with Crippen LogP contribution >= 0.6 is 11.3 Å². The standard InChI is InChI=1S/C15H21N3OS/c1-4-18-9-11(16)8-12(18)15(19)17-14(10(2)3)13-6-5-7-20-13/h5-10,14H,4,16H2,1-3H3,(H,17,19). The number of rotatable bonds is 5. The number of anilines is 1. The zero-order valence-corrected chi connectivity index (χ0v) is 12.9. The van der Waals surface area contributed by atoms with Crippen LogP contribution in [0.3, 0.4) is 0 Å². The summed E-state index contributed by atoms with van der Waals surface area (Å²) in [6.07, 6.45) is 1.80. The van der Waals surface area contributed by atoms with Gasteiger partial charge in [0.05, 0.1) is 11.7 Å². The van der Waals surface area contributed by atoms with Gasteiger partial charge in [0.25, 0.3) is 5.91 Å². The highest BCUT2D eigenvalue weighted by Gasteiger charge is 2.21. The van der Waals surface area contributed by atoms with Crippen LogP contribution < -0.4 is 11.1 Å². The molecular formula is C15H21N3OS. The number of hydrogen-bond donors (Lipinski definition) is 2. The predicted octanol–water partition coefficient (Wildman–Crippen LogP) is 3.28. The van der Waals surface area contributed by atoms with Crippen molar-refractivity contribution >= 4 is 22.9 Å². The Hall–Kier alpha value is -1.75. The summed E-state index contributed by atoms with van der Waals surface area (Å²) >= 11 is 1.67. The number of amides is 1. The van der Waals surface area contributed by atoms with Crippen LogP contribution in [0.15, 0.2) is 29.8 Å². The van der Waals surface area contributed by atoms with Gasteiger partial charge in [0.15, 0.2) is 0 Å². The number of aromatic nitrogens is 1. The smallest absolute Gasteiger partial charge is 0.268 e. The van der Waals surface area contributed by atoms with Crippen molar-refractivity contribution in [1.82, 2.24) is 9.88 Å². The van der Waals surface area contributed by atoms with E-state index in [4.69, 9.17) is 5.73 Å². The number of carbonyl (C=O) groups is 1. The van der Waals surface area contributed by atoms with Crippen molar-refractivity contribution in [1.29, 1.82) is 0 Å². The number of nitrogens with two attached hydrogens (primary N) is 1. The summed E-state index contributed by atoms with van der Waals surface area (Å²) < 4.78 is 1.87. The number of nitrogens with one attached hydrogen (secondary N) is 1. The molecule has 0 fully saturated rings. The van der Waals surface area contributed by atoms with Crippen LogP contribution in [0.1, 0.15) is 42.2 Å². The van der Waals surface area contributed by atoms with Crippen molar-refractivity contribution in [2.24, 2.45) is 5.92 Å². The van der Waals surface area contributed by atoms with Crippen molar-refractivity contribution in [2.45, 2.75) is 33.4 Å². The highest BCUT2D eigenvalue weighted by Crippen LogP contribution is 2.26. The van der Waals surface area contributed by atoms with E-state index >= 15 is 0 Å². The number of carbonyl (C=O) groups excluding carboxylic acids is 1. The normalized spacial score (nSPS) is 12.6. The lowest BCUT2D eigenvalue weighted by atomic mass is 10.0. The van der Waals surface area contributed by atoms with Crippen molar-refractivity contribution in [3.8, 4) is 0 Å². The lowest BCUT2D eigenvalue weighted by molar-refractivity contribution is 0.0917. The summed E-state index contributed by atoms with van der Waals surface area (Å²) in [4.78, 5) is 13.6. The predicted molar refractivity (Wildman–Crippen MR) is 83.9 cm³/mol. The molecule has 2 aromatic heterocycles. The Morgan fingerprint density at radius 2 is 2.25 bits per heavy atom. The maximum Gasteiger partial charge on any atom is 0.268 e. The Morgan fingerprint density at radius 3 is 2.80 bits per heavy atom. The van der Waals surface area contributed by atoms with Crippen LogP contribution in [-0.2, 0) is 6.54 Å². The second-order valence-electron chi connectivity index (χ2n) is 5.16. The molecular weight excluding hydrogens is 270 g/mol. The first-order chi connectivity index (χ1) is 9.52. The summed E-state index contributed by atoms with van der Waals surface area (Å²) in [6, 6.07) is 5.82. The fourth-order valence-electron chi connectivity index (χ4n) is 2.23. The van der Waals surface area contributed by atoms with Gasteiger partial charge in [-0.15, -0.1) is 11.3 Å². The molecule has 2 aromatic rings. The van der Waals surface area contributed by atoms with Gasteiger partial charge in [0.2, 0.25) is 0 Å². The molecule has 1 unspecified atom stereocenters. The lowest BCUT2D eigenvalue weighted by Crippen LogP contribution is -2.32. The molecule has 4 nitrogen and oxygen atoms in total. The van der Waals surface area contributed by atoms with E-state index in [2.05, 4.69) is 25.2 Å². The van der Waals surface area contributed by atoms with Gasteiger partial charge < -0.3 is 15.6 Å². The van der Waals surface area contributed by atoms with Gasteiger partial charge in [0, 0.05) is 17.6 Å². The fraction of sp³-hybridized carbons (Fsp3) is 0.400. The summed E-state index contributed by atoms with van der Waals surface area (Å²) in [5.74, 6) is 0.260. The van der Waals surface area contributed by atoms with Crippen LogP contribution in [0.25, 0.3) is 0 Å². The van der Waals surface area contributed by atoms with Gasteiger partial charge in [-0.1, -0.05) is 19.9 Å². The number of aryl methyl sites for hydroxylation is 1. The van der Waals surface area contributed by atoms with Crippen LogP contribution in [-0.4, -0.2) is 10.5 Å². The molecule has 0 aliphatic rings. The van der Waals surface area contributed by atoms with E-state index in [0.717, 1.165) is 6.54 Å². The molecule has 1 atom stereocenters. The average molecular weight is 291 g/mol. The highest BCUT2D eigenvalue weighted by molar-refractivity contribution is 7.10.